The van der Waals surface area contributed by atoms with E-state index in [0.717, 1.165) is 10.0 Å². The van der Waals surface area contributed by atoms with Crippen molar-refractivity contribution in [2.24, 2.45) is 0 Å². The summed E-state index contributed by atoms with van der Waals surface area (Å²) in [5.41, 5.74) is 0.921. The van der Waals surface area contributed by atoms with E-state index in [9.17, 15) is 13.2 Å². The van der Waals surface area contributed by atoms with Crippen LogP contribution in [0.25, 0.3) is 0 Å². The maximum atomic E-state index is 11.9. The summed E-state index contributed by atoms with van der Waals surface area (Å²) in [5.74, 6) is 0.464. The summed E-state index contributed by atoms with van der Waals surface area (Å²) in [5, 5.41) is 3.33. The summed E-state index contributed by atoms with van der Waals surface area (Å²) >= 11 is 3.43. The molecule has 1 aromatic carbocycles. The van der Waals surface area contributed by atoms with Gasteiger partial charge < -0.3 is 14.8 Å². The fourth-order valence-electron chi connectivity index (χ4n) is 1.40. The second-order valence-electron chi connectivity index (χ2n) is 5.58. The Morgan fingerprint density at radius 1 is 1.19 bits per heavy atom. The van der Waals surface area contributed by atoms with E-state index in [1.807, 2.05) is 20.8 Å². The Kier molecular flexibility index (Phi) is 6.49. The van der Waals surface area contributed by atoms with E-state index in [0.29, 0.717) is 12.3 Å². The molecular weight excluding hydrogens is 351 g/mol. The van der Waals surface area contributed by atoms with Crippen LogP contribution < -0.4 is 10.1 Å². The predicted octanol–water partition coefficient (Wildman–Crippen LogP) is 4.25. The second kappa shape index (κ2) is 7.47. The summed E-state index contributed by atoms with van der Waals surface area (Å²) in [6.07, 6.45) is -4.34. The van der Waals surface area contributed by atoms with Crippen LogP contribution in [0.15, 0.2) is 22.7 Å². The molecule has 0 fully saturated rings. The molecule has 0 saturated heterocycles. The normalized spacial score (nSPS) is 12.5. The molecule has 120 valence electrons. The van der Waals surface area contributed by atoms with Gasteiger partial charge in [-0.2, -0.15) is 13.2 Å². The third kappa shape index (κ3) is 8.28. The van der Waals surface area contributed by atoms with Crippen LogP contribution in [0.1, 0.15) is 26.3 Å². The first-order valence-corrected chi connectivity index (χ1v) is 7.17. The Hall–Kier alpha value is -0.790. The highest BCUT2D eigenvalue weighted by atomic mass is 79.9. The largest absolute Gasteiger partial charge is 0.468 e. The smallest absolute Gasteiger partial charge is 0.411 e. The van der Waals surface area contributed by atoms with Crippen molar-refractivity contribution in [3.8, 4) is 5.75 Å². The molecule has 0 amide bonds. The molecule has 0 aliphatic heterocycles. The van der Waals surface area contributed by atoms with Crippen LogP contribution in [-0.2, 0) is 11.3 Å². The van der Waals surface area contributed by atoms with Gasteiger partial charge in [0.05, 0.1) is 0 Å². The molecule has 0 spiro atoms. The van der Waals surface area contributed by atoms with E-state index >= 15 is 0 Å². The van der Waals surface area contributed by atoms with Gasteiger partial charge in [0.2, 0.25) is 0 Å². The molecule has 0 atom stereocenters. The Balaban J connectivity index is 2.53. The minimum absolute atomic E-state index is 0.0356. The molecule has 0 aliphatic rings. The summed E-state index contributed by atoms with van der Waals surface area (Å²) in [6.45, 7) is 5.00. The van der Waals surface area contributed by atoms with Gasteiger partial charge in [-0.3, -0.25) is 0 Å². The molecule has 21 heavy (non-hydrogen) atoms. The quantitative estimate of drug-likeness (QED) is 0.600. The molecule has 1 aromatic rings. The summed E-state index contributed by atoms with van der Waals surface area (Å²) in [7, 11) is 0. The molecule has 0 saturated carbocycles. The minimum Gasteiger partial charge on any atom is -0.468 e. The summed E-state index contributed by atoms with van der Waals surface area (Å²) in [6, 6.07) is 5.22. The average molecular weight is 370 g/mol. The minimum atomic E-state index is -4.34. The third-order valence-electron chi connectivity index (χ3n) is 2.40. The van der Waals surface area contributed by atoms with Gasteiger partial charge in [0.25, 0.3) is 0 Å². The highest BCUT2D eigenvalue weighted by molar-refractivity contribution is 9.10. The van der Waals surface area contributed by atoms with Crippen molar-refractivity contribution in [1.29, 1.82) is 0 Å². The van der Waals surface area contributed by atoms with Crippen LogP contribution in [0.3, 0.4) is 0 Å². The zero-order valence-electron chi connectivity index (χ0n) is 12.2. The van der Waals surface area contributed by atoms with Gasteiger partial charge in [-0.1, -0.05) is 15.9 Å². The SMILES string of the molecule is CC(C)(C)NCc1cc(OCOCC(F)(F)F)ccc1Br. The Morgan fingerprint density at radius 2 is 1.86 bits per heavy atom. The van der Waals surface area contributed by atoms with Gasteiger partial charge in [0.15, 0.2) is 6.79 Å². The lowest BCUT2D eigenvalue weighted by molar-refractivity contribution is -0.186. The molecular formula is C14H19BrF3NO2. The van der Waals surface area contributed by atoms with E-state index in [1.54, 1.807) is 18.2 Å². The fraction of sp³-hybridized carbons (Fsp3) is 0.571. The lowest BCUT2D eigenvalue weighted by Gasteiger charge is -2.21. The lowest BCUT2D eigenvalue weighted by Crippen LogP contribution is -2.35. The Bertz CT molecular complexity index is 459. The van der Waals surface area contributed by atoms with Gasteiger partial charge in [-0.05, 0) is 44.5 Å². The second-order valence-corrected chi connectivity index (χ2v) is 6.44. The number of alkyl halides is 3. The number of nitrogens with one attached hydrogen (secondary N) is 1. The van der Waals surface area contributed by atoms with E-state index in [4.69, 9.17) is 4.74 Å². The monoisotopic (exact) mass is 369 g/mol. The van der Waals surface area contributed by atoms with Crippen LogP contribution in [0.5, 0.6) is 5.75 Å². The van der Waals surface area contributed by atoms with Crippen molar-refractivity contribution in [1.82, 2.24) is 5.32 Å². The highest BCUT2D eigenvalue weighted by Crippen LogP contribution is 2.23. The molecule has 1 N–H and O–H groups in total. The topological polar surface area (TPSA) is 30.5 Å². The van der Waals surface area contributed by atoms with Gasteiger partial charge >= 0.3 is 6.18 Å². The Labute approximate surface area is 130 Å². The number of rotatable bonds is 6. The molecule has 0 aromatic heterocycles. The first-order valence-electron chi connectivity index (χ1n) is 6.37. The number of hydrogen-bond acceptors (Lipinski definition) is 3. The van der Waals surface area contributed by atoms with E-state index in [-0.39, 0.29) is 5.54 Å². The van der Waals surface area contributed by atoms with Gasteiger partial charge in [-0.15, -0.1) is 0 Å². The molecule has 7 heteroatoms. The zero-order chi connectivity index (χ0) is 16.1. The molecule has 3 nitrogen and oxygen atoms in total. The van der Waals surface area contributed by atoms with E-state index in [1.165, 1.54) is 0 Å². The Morgan fingerprint density at radius 3 is 2.43 bits per heavy atom. The van der Waals surface area contributed by atoms with Gasteiger partial charge in [-0.25, -0.2) is 0 Å². The lowest BCUT2D eigenvalue weighted by atomic mass is 10.1. The summed E-state index contributed by atoms with van der Waals surface area (Å²) in [4.78, 5) is 0. The van der Waals surface area contributed by atoms with Crippen LogP contribution in [0.4, 0.5) is 13.2 Å². The summed E-state index contributed by atoms with van der Waals surface area (Å²) < 4.78 is 46.2. The van der Waals surface area contributed by atoms with Crippen LogP contribution in [-0.4, -0.2) is 25.1 Å². The van der Waals surface area contributed by atoms with Gasteiger partial charge in [0, 0.05) is 16.6 Å². The zero-order valence-corrected chi connectivity index (χ0v) is 13.8. The first kappa shape index (κ1) is 18.3. The third-order valence-corrected chi connectivity index (χ3v) is 3.17. The van der Waals surface area contributed by atoms with Crippen LogP contribution >= 0.6 is 15.9 Å². The number of ether oxygens (including phenoxy) is 2. The van der Waals surface area contributed by atoms with Crippen molar-refractivity contribution in [3.63, 3.8) is 0 Å². The maximum Gasteiger partial charge on any atom is 0.411 e. The van der Waals surface area contributed by atoms with Crippen molar-refractivity contribution in [2.75, 3.05) is 13.4 Å². The van der Waals surface area contributed by atoms with Crippen molar-refractivity contribution in [2.45, 2.75) is 39.0 Å². The molecule has 0 aliphatic carbocycles. The molecule has 0 unspecified atom stereocenters. The molecule has 1 rings (SSSR count). The number of halogens is 4. The molecule has 0 radical (unpaired) electrons. The maximum absolute atomic E-state index is 11.9. The van der Waals surface area contributed by atoms with E-state index in [2.05, 4.69) is 26.0 Å². The fourth-order valence-corrected chi connectivity index (χ4v) is 1.79. The highest BCUT2D eigenvalue weighted by Gasteiger charge is 2.27. The van der Waals surface area contributed by atoms with Crippen molar-refractivity contribution in [3.05, 3.63) is 28.2 Å². The van der Waals surface area contributed by atoms with Crippen molar-refractivity contribution >= 4 is 15.9 Å². The predicted molar refractivity (Wildman–Crippen MR) is 78.2 cm³/mol. The van der Waals surface area contributed by atoms with Gasteiger partial charge in [0.1, 0.15) is 12.4 Å². The average Bonchev–Trinajstić information content (AvgIpc) is 2.32. The van der Waals surface area contributed by atoms with Crippen LogP contribution in [0.2, 0.25) is 0 Å². The van der Waals surface area contributed by atoms with Crippen LogP contribution in [0, 0.1) is 0 Å². The van der Waals surface area contributed by atoms with Crippen molar-refractivity contribution < 1.29 is 22.6 Å². The standard InChI is InChI=1S/C14H19BrF3NO2/c1-13(2,3)19-7-10-6-11(4-5-12(10)15)21-9-20-8-14(16,17)18/h4-6,19H,7-9H2,1-3H3. The first-order chi connectivity index (χ1) is 9.57. The number of benzene rings is 1. The number of hydrogen-bond donors (Lipinski definition) is 1. The molecule has 0 heterocycles. The van der Waals surface area contributed by atoms with E-state index < -0.39 is 19.6 Å². The molecule has 0 bridgehead atoms.